The molecule has 17 heavy (non-hydrogen) atoms. The van der Waals surface area contributed by atoms with E-state index >= 15 is 0 Å². The van der Waals surface area contributed by atoms with Crippen LogP contribution < -0.4 is 5.32 Å². The third kappa shape index (κ3) is 4.52. The molecular formula is C12H26N2O3. The first-order valence-electron chi connectivity index (χ1n) is 6.22. The van der Waals surface area contributed by atoms with Gasteiger partial charge in [0.25, 0.3) is 0 Å². The molecule has 0 bridgehead atoms. The van der Waals surface area contributed by atoms with Crippen LogP contribution in [0.1, 0.15) is 6.92 Å². The van der Waals surface area contributed by atoms with Gasteiger partial charge in [-0.05, 0) is 6.92 Å². The van der Waals surface area contributed by atoms with Crippen molar-refractivity contribution in [2.24, 2.45) is 0 Å². The SMILES string of the molecule is COCCNCC(C)N1CC(OC)C(OC)C1. The van der Waals surface area contributed by atoms with Crippen molar-refractivity contribution >= 4 is 0 Å². The van der Waals surface area contributed by atoms with Crippen LogP contribution in [0.15, 0.2) is 0 Å². The standard InChI is InChI=1S/C12H26N2O3/c1-10(7-13-5-6-15-2)14-8-11(16-3)12(9-14)17-4/h10-13H,5-9H2,1-4H3. The zero-order valence-corrected chi connectivity index (χ0v) is 11.4. The molecule has 102 valence electrons. The molecule has 1 saturated heterocycles. The van der Waals surface area contributed by atoms with Crippen molar-refractivity contribution < 1.29 is 14.2 Å². The molecule has 1 aliphatic rings. The first kappa shape index (κ1) is 14.9. The number of hydrogen-bond acceptors (Lipinski definition) is 5. The van der Waals surface area contributed by atoms with Crippen LogP contribution in [0.5, 0.6) is 0 Å². The molecule has 1 N–H and O–H groups in total. The second-order valence-electron chi connectivity index (χ2n) is 4.55. The summed E-state index contributed by atoms with van der Waals surface area (Å²) in [4.78, 5) is 2.40. The third-order valence-electron chi connectivity index (χ3n) is 3.40. The van der Waals surface area contributed by atoms with E-state index < -0.39 is 0 Å². The highest BCUT2D eigenvalue weighted by molar-refractivity contribution is 4.88. The van der Waals surface area contributed by atoms with E-state index in [1.807, 2.05) is 0 Å². The van der Waals surface area contributed by atoms with Crippen molar-refractivity contribution in [1.29, 1.82) is 0 Å². The highest BCUT2D eigenvalue weighted by Crippen LogP contribution is 2.17. The summed E-state index contributed by atoms with van der Waals surface area (Å²) in [5.74, 6) is 0. The maximum atomic E-state index is 5.43. The Balaban J connectivity index is 2.26. The monoisotopic (exact) mass is 246 g/mol. The second kappa shape index (κ2) is 8.00. The molecule has 3 unspecified atom stereocenters. The Hall–Kier alpha value is -0.200. The van der Waals surface area contributed by atoms with Gasteiger partial charge in [0.05, 0.1) is 18.8 Å². The molecule has 0 aromatic heterocycles. The number of likely N-dealkylation sites (tertiary alicyclic amines) is 1. The first-order valence-corrected chi connectivity index (χ1v) is 6.22. The number of nitrogens with one attached hydrogen (secondary N) is 1. The van der Waals surface area contributed by atoms with Crippen molar-refractivity contribution in [2.45, 2.75) is 25.2 Å². The van der Waals surface area contributed by atoms with Crippen LogP contribution in [0.2, 0.25) is 0 Å². The van der Waals surface area contributed by atoms with Crippen LogP contribution in [0.25, 0.3) is 0 Å². The number of hydrogen-bond donors (Lipinski definition) is 1. The van der Waals surface area contributed by atoms with Crippen LogP contribution in [-0.2, 0) is 14.2 Å². The van der Waals surface area contributed by atoms with Gasteiger partial charge < -0.3 is 19.5 Å². The lowest BCUT2D eigenvalue weighted by atomic mass is 10.3. The zero-order valence-electron chi connectivity index (χ0n) is 11.4. The molecule has 5 heteroatoms. The number of rotatable bonds is 8. The van der Waals surface area contributed by atoms with Gasteiger partial charge >= 0.3 is 0 Å². The molecule has 0 radical (unpaired) electrons. The van der Waals surface area contributed by atoms with Crippen molar-refractivity contribution in [3.63, 3.8) is 0 Å². The molecule has 0 saturated carbocycles. The number of nitrogens with zero attached hydrogens (tertiary/aromatic N) is 1. The Labute approximate surface area is 104 Å². The maximum absolute atomic E-state index is 5.43. The van der Waals surface area contributed by atoms with E-state index in [4.69, 9.17) is 14.2 Å². The lowest BCUT2D eigenvalue weighted by Gasteiger charge is -2.24. The number of ether oxygens (including phenoxy) is 3. The predicted octanol–water partition coefficient (Wildman–Crippen LogP) is -0.0435. The van der Waals surface area contributed by atoms with Crippen molar-refractivity contribution in [2.75, 3.05) is 54.1 Å². The molecule has 0 amide bonds. The van der Waals surface area contributed by atoms with E-state index in [2.05, 4.69) is 17.1 Å². The average molecular weight is 246 g/mol. The molecule has 5 nitrogen and oxygen atoms in total. The highest BCUT2D eigenvalue weighted by Gasteiger charge is 2.34. The summed E-state index contributed by atoms with van der Waals surface area (Å²) < 4.78 is 15.9. The molecule has 1 fully saturated rings. The van der Waals surface area contributed by atoms with E-state index in [1.165, 1.54) is 0 Å². The van der Waals surface area contributed by atoms with Crippen LogP contribution in [-0.4, -0.2) is 77.3 Å². The minimum Gasteiger partial charge on any atom is -0.383 e. The molecular weight excluding hydrogens is 220 g/mol. The Morgan fingerprint density at radius 2 is 1.76 bits per heavy atom. The van der Waals surface area contributed by atoms with Crippen molar-refractivity contribution in [1.82, 2.24) is 10.2 Å². The van der Waals surface area contributed by atoms with E-state index in [0.717, 1.165) is 32.8 Å². The topological polar surface area (TPSA) is 43.0 Å². The minimum atomic E-state index is 0.196. The Morgan fingerprint density at radius 1 is 1.18 bits per heavy atom. The quantitative estimate of drug-likeness (QED) is 0.609. The smallest absolute Gasteiger partial charge is 0.0971 e. The van der Waals surface area contributed by atoms with Gasteiger partial charge in [0.1, 0.15) is 0 Å². The molecule has 0 spiro atoms. The van der Waals surface area contributed by atoms with Gasteiger partial charge in [-0.1, -0.05) is 0 Å². The summed E-state index contributed by atoms with van der Waals surface area (Å²) in [5, 5.41) is 3.38. The molecule has 1 aliphatic heterocycles. The summed E-state index contributed by atoms with van der Waals surface area (Å²) in [6.07, 6.45) is 0.392. The van der Waals surface area contributed by atoms with Gasteiger partial charge in [0.2, 0.25) is 0 Å². The van der Waals surface area contributed by atoms with Gasteiger partial charge in [-0.3, -0.25) is 4.90 Å². The largest absolute Gasteiger partial charge is 0.383 e. The lowest BCUT2D eigenvalue weighted by Crippen LogP contribution is -2.40. The second-order valence-corrected chi connectivity index (χ2v) is 4.55. The normalized spacial score (nSPS) is 27.5. The van der Waals surface area contributed by atoms with Crippen LogP contribution in [0, 0.1) is 0 Å². The van der Waals surface area contributed by atoms with Crippen LogP contribution in [0.4, 0.5) is 0 Å². The summed E-state index contributed by atoms with van der Waals surface area (Å²) in [7, 11) is 5.22. The maximum Gasteiger partial charge on any atom is 0.0971 e. The van der Waals surface area contributed by atoms with E-state index in [0.29, 0.717) is 6.04 Å². The van der Waals surface area contributed by atoms with E-state index in [-0.39, 0.29) is 12.2 Å². The molecule has 0 aliphatic carbocycles. The summed E-state index contributed by atoms with van der Waals surface area (Å²) in [5.41, 5.74) is 0. The number of methoxy groups -OCH3 is 3. The van der Waals surface area contributed by atoms with E-state index in [9.17, 15) is 0 Å². The minimum absolute atomic E-state index is 0.196. The Morgan fingerprint density at radius 3 is 2.24 bits per heavy atom. The fourth-order valence-corrected chi connectivity index (χ4v) is 2.20. The van der Waals surface area contributed by atoms with E-state index in [1.54, 1.807) is 21.3 Å². The van der Waals surface area contributed by atoms with Crippen LogP contribution >= 0.6 is 0 Å². The van der Waals surface area contributed by atoms with Gasteiger partial charge in [0, 0.05) is 53.6 Å². The predicted molar refractivity (Wildman–Crippen MR) is 67.4 cm³/mol. The molecule has 3 atom stereocenters. The third-order valence-corrected chi connectivity index (χ3v) is 3.40. The molecule has 0 aromatic rings. The summed E-state index contributed by atoms with van der Waals surface area (Å²) in [6.45, 7) is 6.75. The zero-order chi connectivity index (χ0) is 12.7. The summed E-state index contributed by atoms with van der Waals surface area (Å²) in [6, 6.07) is 0.490. The fourth-order valence-electron chi connectivity index (χ4n) is 2.20. The molecule has 1 rings (SSSR count). The van der Waals surface area contributed by atoms with Crippen LogP contribution in [0.3, 0.4) is 0 Å². The molecule has 0 aromatic carbocycles. The van der Waals surface area contributed by atoms with Crippen molar-refractivity contribution in [3.05, 3.63) is 0 Å². The lowest BCUT2D eigenvalue weighted by molar-refractivity contribution is -0.00461. The Kier molecular flexibility index (Phi) is 6.99. The van der Waals surface area contributed by atoms with Gasteiger partial charge in [0.15, 0.2) is 0 Å². The summed E-state index contributed by atoms with van der Waals surface area (Å²) >= 11 is 0. The average Bonchev–Trinajstić information content (AvgIpc) is 2.77. The fraction of sp³-hybridized carbons (Fsp3) is 1.00. The van der Waals surface area contributed by atoms with Gasteiger partial charge in [-0.15, -0.1) is 0 Å². The first-order chi connectivity index (χ1) is 8.22. The highest BCUT2D eigenvalue weighted by atomic mass is 16.5. The Bertz CT molecular complexity index is 192. The van der Waals surface area contributed by atoms with Gasteiger partial charge in [-0.25, -0.2) is 0 Å². The molecule has 1 heterocycles. The van der Waals surface area contributed by atoms with Gasteiger partial charge in [-0.2, -0.15) is 0 Å². The van der Waals surface area contributed by atoms with Crippen molar-refractivity contribution in [3.8, 4) is 0 Å².